The van der Waals surface area contributed by atoms with Crippen molar-refractivity contribution < 1.29 is 13.5 Å². The molecule has 11 heteroatoms. The van der Waals surface area contributed by atoms with Crippen molar-refractivity contribution in [1.82, 2.24) is 9.36 Å². The van der Waals surface area contributed by atoms with Gasteiger partial charge in [0.15, 0.2) is 10.6 Å². The molecule has 3 aromatic rings. The van der Waals surface area contributed by atoms with Crippen molar-refractivity contribution >= 4 is 49.0 Å². The number of pyridine rings is 1. The van der Waals surface area contributed by atoms with E-state index in [9.17, 15) is 13.5 Å². The third kappa shape index (κ3) is 3.57. The molecule has 130 valence electrons. The average Bonchev–Trinajstić information content (AvgIpc) is 2.95. The molecule has 0 saturated heterocycles. The molecule has 0 amide bonds. The molecule has 0 saturated carbocycles. The number of hydrogen-bond acceptors (Lipinski definition) is 9. The summed E-state index contributed by atoms with van der Waals surface area (Å²) in [5.41, 5.74) is 1.45. The van der Waals surface area contributed by atoms with Crippen LogP contribution >= 0.6 is 11.5 Å². The number of benzene rings is 1. The molecule has 0 spiro atoms. The van der Waals surface area contributed by atoms with Crippen LogP contribution in [0.5, 0.6) is 5.75 Å². The van der Waals surface area contributed by atoms with Gasteiger partial charge in [-0.15, -0.1) is 10.2 Å². The maximum absolute atomic E-state index is 11.5. The second-order valence-electron chi connectivity index (χ2n) is 5.34. The van der Waals surface area contributed by atoms with Crippen molar-refractivity contribution in [2.24, 2.45) is 15.4 Å². The molecule has 0 bridgehead atoms. The van der Waals surface area contributed by atoms with Gasteiger partial charge in [0.25, 0.3) is 0 Å². The normalized spacial score (nSPS) is 12.1. The minimum absolute atomic E-state index is 0.0212. The van der Waals surface area contributed by atoms with Crippen LogP contribution in [0.4, 0.5) is 16.4 Å². The maximum atomic E-state index is 11.5. The lowest BCUT2D eigenvalue weighted by Crippen LogP contribution is -2.12. The first-order chi connectivity index (χ1) is 11.8. The third-order valence-corrected chi connectivity index (χ3v) is 4.96. The van der Waals surface area contributed by atoms with Gasteiger partial charge in [-0.3, -0.25) is 0 Å². The maximum Gasteiger partial charge on any atom is 0.239 e. The van der Waals surface area contributed by atoms with E-state index in [0.29, 0.717) is 16.0 Å². The number of primary sulfonamides is 1. The second-order valence-corrected chi connectivity index (χ2v) is 7.66. The molecule has 0 radical (unpaired) electrons. The Morgan fingerprint density at radius 2 is 2.00 bits per heavy atom. The number of rotatable bonds is 4. The van der Waals surface area contributed by atoms with Crippen molar-refractivity contribution in [1.29, 1.82) is 0 Å². The number of azo groups is 1. The van der Waals surface area contributed by atoms with Crippen molar-refractivity contribution in [3.63, 3.8) is 0 Å². The summed E-state index contributed by atoms with van der Waals surface area (Å²) < 4.78 is 27.0. The van der Waals surface area contributed by atoms with E-state index in [4.69, 9.17) is 5.14 Å². The Morgan fingerprint density at radius 1 is 1.24 bits per heavy atom. The number of anilines is 1. The zero-order valence-electron chi connectivity index (χ0n) is 13.3. The van der Waals surface area contributed by atoms with Crippen LogP contribution in [0, 0.1) is 0 Å². The van der Waals surface area contributed by atoms with E-state index in [1.54, 1.807) is 18.2 Å². The molecule has 0 aliphatic rings. The molecule has 0 aliphatic carbocycles. The van der Waals surface area contributed by atoms with Gasteiger partial charge in [0.05, 0.1) is 5.39 Å². The summed E-state index contributed by atoms with van der Waals surface area (Å²) in [5.74, 6) is -0.0212. The number of nitrogens with two attached hydrogens (primary N) is 1. The highest BCUT2D eigenvalue weighted by Gasteiger charge is 2.14. The standard InChI is InChI=1S/C14H14N6O3S2/c1-20(2)8-3-4-11(12(21)5-8)17-18-14-10-6-9(25(15,22)23)7-16-13(10)19-24-14/h3-7,21H,1-2H3,(H2,15,22,23). The van der Waals surface area contributed by atoms with E-state index in [-0.39, 0.29) is 16.3 Å². The zero-order valence-corrected chi connectivity index (χ0v) is 14.9. The fraction of sp³-hybridized carbons (Fsp3) is 0.143. The highest BCUT2D eigenvalue weighted by atomic mass is 32.2. The molecule has 2 heterocycles. The van der Waals surface area contributed by atoms with Crippen molar-refractivity contribution in [3.8, 4) is 5.75 Å². The summed E-state index contributed by atoms with van der Waals surface area (Å²) in [6, 6.07) is 6.34. The Kier molecular flexibility index (Phi) is 4.37. The number of sulfonamides is 1. The summed E-state index contributed by atoms with van der Waals surface area (Å²) in [7, 11) is -0.165. The Morgan fingerprint density at radius 3 is 2.64 bits per heavy atom. The molecule has 25 heavy (non-hydrogen) atoms. The molecule has 2 aromatic heterocycles. The van der Waals surface area contributed by atoms with E-state index in [0.717, 1.165) is 23.4 Å². The molecular weight excluding hydrogens is 364 g/mol. The Bertz CT molecular complexity index is 1080. The number of aromatic nitrogens is 2. The van der Waals surface area contributed by atoms with Gasteiger partial charge in [0, 0.05) is 32.0 Å². The van der Waals surface area contributed by atoms with Crippen LogP contribution in [-0.4, -0.2) is 37.0 Å². The highest BCUT2D eigenvalue weighted by Crippen LogP contribution is 2.35. The van der Waals surface area contributed by atoms with Crippen LogP contribution in [-0.2, 0) is 10.0 Å². The van der Waals surface area contributed by atoms with Crippen LogP contribution in [0.3, 0.4) is 0 Å². The first-order valence-corrected chi connectivity index (χ1v) is 9.28. The van der Waals surface area contributed by atoms with Crippen LogP contribution in [0.25, 0.3) is 11.0 Å². The first-order valence-electron chi connectivity index (χ1n) is 6.96. The predicted octanol–water partition coefficient (Wildman–Crippen LogP) is 2.53. The second kappa shape index (κ2) is 6.35. The van der Waals surface area contributed by atoms with Crippen LogP contribution in [0.2, 0.25) is 0 Å². The number of nitrogens with zero attached hydrogens (tertiary/aromatic N) is 5. The minimum Gasteiger partial charge on any atom is -0.506 e. The summed E-state index contributed by atoms with van der Waals surface area (Å²) in [6.45, 7) is 0. The fourth-order valence-electron chi connectivity index (χ4n) is 2.01. The largest absolute Gasteiger partial charge is 0.506 e. The van der Waals surface area contributed by atoms with Crippen LogP contribution in [0.15, 0.2) is 45.6 Å². The van der Waals surface area contributed by atoms with Crippen molar-refractivity contribution in [3.05, 3.63) is 30.5 Å². The number of hydrogen-bond donors (Lipinski definition) is 2. The molecule has 0 fully saturated rings. The molecule has 9 nitrogen and oxygen atoms in total. The van der Waals surface area contributed by atoms with Crippen molar-refractivity contribution in [2.75, 3.05) is 19.0 Å². The lowest BCUT2D eigenvalue weighted by Gasteiger charge is -2.12. The number of fused-ring (bicyclic) bond motifs is 1. The number of phenolic OH excluding ortho intramolecular Hbond substituents is 1. The molecule has 3 N–H and O–H groups in total. The predicted molar refractivity (Wildman–Crippen MR) is 95.4 cm³/mol. The number of aromatic hydroxyl groups is 1. The van der Waals surface area contributed by atoms with E-state index >= 15 is 0 Å². The molecular formula is C14H14N6O3S2. The van der Waals surface area contributed by atoms with Crippen molar-refractivity contribution in [2.45, 2.75) is 4.90 Å². The molecule has 0 aliphatic heterocycles. The van der Waals surface area contributed by atoms with Gasteiger partial charge in [-0.05, 0) is 29.7 Å². The number of phenols is 1. The fourth-order valence-corrected chi connectivity index (χ4v) is 3.13. The summed E-state index contributed by atoms with van der Waals surface area (Å²) in [4.78, 5) is 5.67. The van der Waals surface area contributed by atoms with E-state index in [1.165, 1.54) is 6.07 Å². The lowest BCUT2D eigenvalue weighted by atomic mass is 10.2. The summed E-state index contributed by atoms with van der Waals surface area (Å²) in [6.07, 6.45) is 1.14. The molecule has 3 rings (SSSR count). The van der Waals surface area contributed by atoms with Gasteiger partial charge in [-0.25, -0.2) is 18.5 Å². The van der Waals surface area contributed by atoms with Crippen LogP contribution in [0.1, 0.15) is 0 Å². The lowest BCUT2D eigenvalue weighted by molar-refractivity contribution is 0.476. The van der Waals surface area contributed by atoms with E-state index in [2.05, 4.69) is 19.6 Å². The third-order valence-electron chi connectivity index (χ3n) is 3.34. The minimum atomic E-state index is -3.88. The molecule has 1 aromatic carbocycles. The Labute approximate surface area is 147 Å². The Hall–Kier alpha value is -2.63. The quantitative estimate of drug-likeness (QED) is 0.670. The van der Waals surface area contributed by atoms with Gasteiger partial charge in [0.2, 0.25) is 10.0 Å². The Balaban J connectivity index is 1.99. The first kappa shape index (κ1) is 17.2. The SMILES string of the molecule is CN(C)c1ccc(N=Nc2snc3ncc(S(N)(=O)=O)cc23)c(O)c1. The average molecular weight is 378 g/mol. The zero-order chi connectivity index (χ0) is 18.2. The van der Waals surface area contributed by atoms with Gasteiger partial charge >= 0.3 is 0 Å². The topological polar surface area (TPSA) is 134 Å². The molecule has 0 atom stereocenters. The highest BCUT2D eigenvalue weighted by molar-refractivity contribution is 7.89. The van der Waals surface area contributed by atoms with E-state index < -0.39 is 10.0 Å². The monoisotopic (exact) mass is 378 g/mol. The summed E-state index contributed by atoms with van der Waals surface area (Å²) in [5, 5.41) is 24.0. The van der Waals surface area contributed by atoms with Crippen LogP contribution < -0.4 is 10.0 Å². The summed E-state index contributed by atoms with van der Waals surface area (Å²) >= 11 is 1.02. The molecule has 0 unspecified atom stereocenters. The van der Waals surface area contributed by atoms with Gasteiger partial charge < -0.3 is 10.0 Å². The smallest absolute Gasteiger partial charge is 0.239 e. The van der Waals surface area contributed by atoms with E-state index in [1.807, 2.05) is 19.0 Å². The van der Waals surface area contributed by atoms with Gasteiger partial charge in [-0.1, -0.05) is 0 Å². The van der Waals surface area contributed by atoms with Gasteiger partial charge in [-0.2, -0.15) is 4.37 Å². The van der Waals surface area contributed by atoms with Gasteiger partial charge in [0.1, 0.15) is 16.3 Å².